The topological polar surface area (TPSA) is 49.3 Å². The number of hydrogen-bond acceptors (Lipinski definition) is 3. The average molecular weight is 572 g/mol. The van der Waals surface area contributed by atoms with Crippen LogP contribution >= 0.6 is 0 Å². The molecule has 0 aromatic rings. The molecule has 0 aromatic carbocycles. The summed E-state index contributed by atoms with van der Waals surface area (Å²) >= 11 is 0. The minimum Gasteiger partial charge on any atom is -0.389 e. The summed E-state index contributed by atoms with van der Waals surface area (Å²) < 4.78 is 0. The van der Waals surface area contributed by atoms with Crippen molar-refractivity contribution in [1.82, 2.24) is 5.32 Å². The molecule has 4 saturated carbocycles. The van der Waals surface area contributed by atoms with Gasteiger partial charge in [-0.05, 0) is 93.4 Å². The molecule has 41 heavy (non-hydrogen) atoms. The van der Waals surface area contributed by atoms with Crippen LogP contribution in [-0.2, 0) is 4.79 Å². The van der Waals surface area contributed by atoms with Crippen LogP contribution in [0.4, 0.5) is 0 Å². The third-order valence-corrected chi connectivity index (χ3v) is 13.2. The highest BCUT2D eigenvalue weighted by molar-refractivity contribution is 5.87. The maximum Gasteiger partial charge on any atom is 0.139 e. The number of aliphatic hydroxyl groups is 1. The number of Topliss-reactive ketones (excluding diaryl/α,β-unsaturated/α-hetero) is 1. The Hall–Kier alpha value is -0.410. The zero-order chi connectivity index (χ0) is 29.2. The van der Waals surface area contributed by atoms with Gasteiger partial charge in [0, 0.05) is 18.4 Å². The molecule has 0 aromatic heterocycles. The van der Waals surface area contributed by atoms with E-state index in [2.05, 4.69) is 26.1 Å². The van der Waals surface area contributed by atoms with E-state index in [1.54, 1.807) is 0 Å². The van der Waals surface area contributed by atoms with Gasteiger partial charge in [-0.1, -0.05) is 117 Å². The molecule has 0 unspecified atom stereocenters. The predicted octanol–water partition coefficient (Wildman–Crippen LogP) is 10.2. The monoisotopic (exact) mass is 572 g/mol. The van der Waals surface area contributed by atoms with Crippen molar-refractivity contribution in [2.24, 2.45) is 34.5 Å². The van der Waals surface area contributed by atoms with Crippen molar-refractivity contribution in [1.29, 1.82) is 0 Å². The number of ketones is 1. The summed E-state index contributed by atoms with van der Waals surface area (Å²) in [6.45, 7) is 8.99. The Morgan fingerprint density at radius 3 is 1.90 bits per heavy atom. The summed E-state index contributed by atoms with van der Waals surface area (Å²) in [5, 5.41) is 15.2. The summed E-state index contributed by atoms with van der Waals surface area (Å²) in [5.41, 5.74) is -0.162. The van der Waals surface area contributed by atoms with Gasteiger partial charge in [-0.25, -0.2) is 0 Å². The minimum atomic E-state index is -0.515. The highest BCUT2D eigenvalue weighted by atomic mass is 16.3. The van der Waals surface area contributed by atoms with Crippen LogP contribution in [0, 0.1) is 34.5 Å². The van der Waals surface area contributed by atoms with Crippen LogP contribution in [0.3, 0.4) is 0 Å². The Labute approximate surface area is 255 Å². The Kier molecular flexibility index (Phi) is 13.1. The van der Waals surface area contributed by atoms with Crippen molar-refractivity contribution >= 4 is 5.78 Å². The molecule has 4 fully saturated rings. The van der Waals surface area contributed by atoms with E-state index < -0.39 is 5.60 Å². The lowest BCUT2D eigenvalue weighted by atomic mass is 9.44. The molecule has 0 aliphatic heterocycles. The van der Waals surface area contributed by atoms with Crippen LogP contribution in [-0.4, -0.2) is 29.6 Å². The van der Waals surface area contributed by atoms with Crippen molar-refractivity contribution in [3.05, 3.63) is 0 Å². The maximum absolute atomic E-state index is 12.7. The van der Waals surface area contributed by atoms with Crippen LogP contribution in [0.2, 0.25) is 0 Å². The Bertz CT molecular complexity index is 782. The van der Waals surface area contributed by atoms with Gasteiger partial charge >= 0.3 is 0 Å². The van der Waals surface area contributed by atoms with E-state index in [1.165, 1.54) is 128 Å². The van der Waals surface area contributed by atoms with Crippen LogP contribution < -0.4 is 5.32 Å². The number of nitrogens with one attached hydrogen (secondary N) is 1. The van der Waals surface area contributed by atoms with Crippen molar-refractivity contribution in [3.8, 4) is 0 Å². The molecule has 238 valence electrons. The van der Waals surface area contributed by atoms with Crippen molar-refractivity contribution in [2.75, 3.05) is 13.1 Å². The number of carbonyl (C=O) groups excluding carboxylic acids is 1. The van der Waals surface area contributed by atoms with Crippen LogP contribution in [0.15, 0.2) is 0 Å². The third-order valence-electron chi connectivity index (χ3n) is 13.2. The number of unbranched alkanes of at least 4 members (excludes halogenated alkanes) is 15. The van der Waals surface area contributed by atoms with Crippen molar-refractivity contribution < 1.29 is 9.90 Å². The Balaban J connectivity index is 1.01. The van der Waals surface area contributed by atoms with Gasteiger partial charge in [0.05, 0.1) is 5.60 Å². The summed E-state index contributed by atoms with van der Waals surface area (Å²) in [7, 11) is 0. The normalized spacial score (nSPS) is 36.6. The highest BCUT2D eigenvalue weighted by Gasteiger charge is 2.61. The summed E-state index contributed by atoms with van der Waals surface area (Å²) in [6, 6.07) is 0. The quantitative estimate of drug-likeness (QED) is 0.152. The molecule has 0 bridgehead atoms. The van der Waals surface area contributed by atoms with E-state index in [-0.39, 0.29) is 5.41 Å². The van der Waals surface area contributed by atoms with Gasteiger partial charge in [-0.2, -0.15) is 0 Å². The molecule has 0 saturated heterocycles. The second kappa shape index (κ2) is 16.1. The zero-order valence-corrected chi connectivity index (χ0v) is 27.8. The molecule has 0 spiro atoms. The van der Waals surface area contributed by atoms with E-state index in [4.69, 9.17) is 0 Å². The molecule has 2 N–H and O–H groups in total. The number of carbonyl (C=O) groups is 1. The highest BCUT2D eigenvalue weighted by Crippen LogP contribution is 2.66. The molecule has 4 aliphatic rings. The molecule has 4 rings (SSSR count). The first-order valence-electron chi connectivity index (χ1n) is 18.8. The van der Waals surface area contributed by atoms with Gasteiger partial charge < -0.3 is 10.4 Å². The zero-order valence-electron chi connectivity index (χ0n) is 27.8. The van der Waals surface area contributed by atoms with E-state index in [1.807, 2.05) is 0 Å². The number of hydrogen-bond donors (Lipinski definition) is 2. The largest absolute Gasteiger partial charge is 0.389 e. The third kappa shape index (κ3) is 8.61. The molecule has 7 atom stereocenters. The lowest BCUT2D eigenvalue weighted by Crippen LogP contribution is -2.57. The van der Waals surface area contributed by atoms with Gasteiger partial charge in [-0.3, -0.25) is 4.79 Å². The van der Waals surface area contributed by atoms with Gasteiger partial charge in [-0.15, -0.1) is 0 Å². The lowest BCUT2D eigenvalue weighted by Gasteiger charge is -2.61. The van der Waals surface area contributed by atoms with Crippen LogP contribution in [0.5, 0.6) is 0 Å². The Morgan fingerprint density at radius 2 is 1.29 bits per heavy atom. The summed E-state index contributed by atoms with van der Waals surface area (Å²) in [6.07, 6.45) is 32.6. The first kappa shape index (κ1) is 33.5. The standard InChI is InChI=1S/C38H69NO2/c1-4-5-6-7-8-9-10-11-12-13-14-15-16-17-18-19-28-39-30-38(41)27-26-36(2)31(29-38)20-21-32-33-22-23-35(40)37(33,3)25-24-34(32)36/h31-34,39,41H,4-30H2,1-3H3/t31-,32-,33-,34-,36-,37-,38+/m0/s1. The average Bonchev–Trinajstić information content (AvgIpc) is 3.27. The molecule has 0 amide bonds. The molecule has 0 radical (unpaired) electrons. The molecular weight excluding hydrogens is 502 g/mol. The first-order valence-corrected chi connectivity index (χ1v) is 18.8. The summed E-state index contributed by atoms with van der Waals surface area (Å²) in [5.74, 6) is 3.37. The van der Waals surface area contributed by atoms with E-state index in [0.717, 1.165) is 57.0 Å². The maximum atomic E-state index is 12.7. The minimum absolute atomic E-state index is 0.0175. The SMILES string of the molecule is CCCCCCCCCCCCCCCCCCNC[C@@]1(O)CC[C@@]2(C)[C@@H](CC[C@@H]3[C@@H]2CC[C@]2(C)C(=O)CC[C@@H]32)C1. The fourth-order valence-corrected chi connectivity index (χ4v) is 10.4. The van der Waals surface area contributed by atoms with E-state index in [9.17, 15) is 9.90 Å². The number of rotatable bonds is 19. The molecule has 3 heteroatoms. The second-order valence-corrected chi connectivity index (χ2v) is 16.0. The van der Waals surface area contributed by atoms with Crippen LogP contribution in [0.25, 0.3) is 0 Å². The molecular formula is C38H69NO2. The fourth-order valence-electron chi connectivity index (χ4n) is 10.4. The number of fused-ring (bicyclic) bond motifs is 5. The molecule has 0 heterocycles. The first-order chi connectivity index (χ1) is 19.8. The predicted molar refractivity (Wildman–Crippen MR) is 174 cm³/mol. The van der Waals surface area contributed by atoms with Crippen molar-refractivity contribution in [2.45, 2.75) is 187 Å². The van der Waals surface area contributed by atoms with Crippen LogP contribution in [0.1, 0.15) is 181 Å². The van der Waals surface area contributed by atoms with Crippen molar-refractivity contribution in [3.63, 3.8) is 0 Å². The van der Waals surface area contributed by atoms with Gasteiger partial charge in [0.15, 0.2) is 0 Å². The lowest BCUT2D eigenvalue weighted by molar-refractivity contribution is -0.153. The molecule has 4 aliphatic carbocycles. The van der Waals surface area contributed by atoms with Gasteiger partial charge in [0.2, 0.25) is 0 Å². The smallest absolute Gasteiger partial charge is 0.139 e. The van der Waals surface area contributed by atoms with E-state index in [0.29, 0.717) is 23.0 Å². The Morgan fingerprint density at radius 1 is 0.707 bits per heavy atom. The van der Waals surface area contributed by atoms with E-state index >= 15 is 0 Å². The summed E-state index contributed by atoms with van der Waals surface area (Å²) in [4.78, 5) is 12.7. The van der Waals surface area contributed by atoms with Gasteiger partial charge in [0.1, 0.15) is 5.78 Å². The fraction of sp³-hybridized carbons (Fsp3) is 0.974. The molecule has 3 nitrogen and oxygen atoms in total. The van der Waals surface area contributed by atoms with Gasteiger partial charge in [0.25, 0.3) is 0 Å². The second-order valence-electron chi connectivity index (χ2n) is 16.0.